The van der Waals surface area contributed by atoms with Crippen molar-refractivity contribution >= 4 is 39.1 Å². The Kier molecular flexibility index (Phi) is 10.5. The number of aryl methyl sites for hydroxylation is 1. The highest BCUT2D eigenvalue weighted by Crippen LogP contribution is 2.49. The molecule has 8 atom stereocenters. The number of halogens is 1. The number of carbonyl (C=O) groups is 2. The molecule has 6 aliphatic rings. The van der Waals surface area contributed by atoms with Crippen molar-refractivity contribution in [2.75, 3.05) is 64.5 Å². The molecule has 1 spiro atoms. The number of ether oxygens (including phenoxy) is 3. The number of anilines is 1. The van der Waals surface area contributed by atoms with E-state index in [2.05, 4.69) is 38.8 Å². The first-order valence-corrected chi connectivity index (χ1v) is 22.0. The maximum absolute atomic E-state index is 13.7. The van der Waals surface area contributed by atoms with E-state index < -0.39 is 32.9 Å². The third-order valence-electron chi connectivity index (χ3n) is 13.8. The molecular formula is C42H55ClN4O7S. The van der Waals surface area contributed by atoms with Gasteiger partial charge in [-0.2, -0.15) is 0 Å². The molecule has 2 aromatic carbocycles. The lowest BCUT2D eigenvalue weighted by Crippen LogP contribution is -2.65. The maximum Gasteiger partial charge on any atom is 0.264 e. The van der Waals surface area contributed by atoms with E-state index in [9.17, 15) is 18.0 Å². The van der Waals surface area contributed by atoms with Crippen molar-refractivity contribution in [3.63, 3.8) is 0 Å². The Balaban J connectivity index is 1.18. The van der Waals surface area contributed by atoms with Crippen LogP contribution in [0.1, 0.15) is 74.4 Å². The van der Waals surface area contributed by atoms with Crippen LogP contribution in [-0.2, 0) is 36.1 Å². The van der Waals surface area contributed by atoms with Crippen molar-refractivity contribution < 1.29 is 32.2 Å². The molecule has 4 heterocycles. The van der Waals surface area contributed by atoms with Crippen LogP contribution in [0.3, 0.4) is 0 Å². The largest absolute Gasteiger partial charge is 0.490 e. The second-order valence-corrected chi connectivity index (χ2v) is 19.6. The highest BCUT2D eigenvalue weighted by molar-refractivity contribution is 7.90. The predicted molar refractivity (Wildman–Crippen MR) is 212 cm³/mol. The van der Waals surface area contributed by atoms with Crippen molar-refractivity contribution in [1.29, 1.82) is 0 Å². The van der Waals surface area contributed by atoms with Crippen LogP contribution in [0.15, 0.2) is 48.6 Å². The molecule has 2 bridgehead atoms. The Morgan fingerprint density at radius 1 is 1.05 bits per heavy atom. The van der Waals surface area contributed by atoms with Gasteiger partial charge in [0, 0.05) is 62.4 Å². The molecule has 11 nitrogen and oxygen atoms in total. The first-order chi connectivity index (χ1) is 26.3. The standard InChI is InChI=1S/C42H55ClN4O7S/c1-27-7-5-16-42(52-4,25-45-17-18-47-34(22-45)23-53-28(2)40(47)49)36-12-9-32(36)21-46-24-41(15-6-8-30-19-33(43)11-13-35(30)41)26-54-38-14-10-31(20-37(38)46)39(48)44-55(50,51)29(27)3/h5,10-11,13-14,16,19-20,27-29,32,34,36H,6-9,12,15,17-18,21-26H2,1-4H3,(H,44,48)/b16-5+/t27-,28-,29+,32-,34-,36+,41-,42+/m0/s1. The van der Waals surface area contributed by atoms with Crippen LogP contribution in [0.4, 0.5) is 5.69 Å². The van der Waals surface area contributed by atoms with Crippen LogP contribution in [0.2, 0.25) is 5.02 Å². The SMILES string of the molecule is CO[C@@]1(CN2CCN3C(=O)[C@H](C)OC[C@@H]3C2)/C=C/C[C@H](C)[C@@H](C)S(=O)(=O)NC(=O)c2ccc3c(c2)N(C[C@@H]2CC[C@H]21)C[C@@]1(CCCc2cc(Cl)ccc21)CO3. The van der Waals surface area contributed by atoms with E-state index in [-0.39, 0.29) is 40.7 Å². The molecule has 1 saturated carbocycles. The zero-order valence-corrected chi connectivity index (χ0v) is 34.0. The first-order valence-electron chi connectivity index (χ1n) is 20.1. The lowest BCUT2D eigenvalue weighted by Gasteiger charge is -2.53. The van der Waals surface area contributed by atoms with Crippen LogP contribution < -0.4 is 14.4 Å². The predicted octanol–water partition coefficient (Wildman–Crippen LogP) is 5.20. The number of nitrogens with zero attached hydrogens (tertiary/aromatic N) is 3. The van der Waals surface area contributed by atoms with Crippen molar-refractivity contribution in [3.05, 3.63) is 70.3 Å². The minimum atomic E-state index is -3.99. The molecule has 8 rings (SSSR count). The number of fused-ring (bicyclic) bond motifs is 5. The van der Waals surface area contributed by atoms with E-state index >= 15 is 0 Å². The molecule has 3 fully saturated rings. The molecule has 13 heteroatoms. The number of nitrogens with one attached hydrogen (secondary N) is 1. The Labute approximate surface area is 330 Å². The number of rotatable bonds is 3. The van der Waals surface area contributed by atoms with E-state index in [0.717, 1.165) is 55.9 Å². The van der Waals surface area contributed by atoms with Gasteiger partial charge in [0.2, 0.25) is 10.0 Å². The number of amides is 2. The molecule has 0 aromatic heterocycles. The van der Waals surface area contributed by atoms with Gasteiger partial charge in [0.05, 0.1) is 30.2 Å². The number of allylic oxidation sites excluding steroid dienone is 1. The van der Waals surface area contributed by atoms with Gasteiger partial charge in [-0.15, -0.1) is 0 Å². The number of morpholine rings is 1. The van der Waals surface area contributed by atoms with E-state index in [1.807, 2.05) is 36.9 Å². The van der Waals surface area contributed by atoms with Crippen LogP contribution in [0.25, 0.3) is 0 Å². The Morgan fingerprint density at radius 2 is 1.89 bits per heavy atom. The highest BCUT2D eigenvalue weighted by Gasteiger charge is 2.51. The van der Waals surface area contributed by atoms with E-state index in [1.54, 1.807) is 20.1 Å². The van der Waals surface area contributed by atoms with Gasteiger partial charge in [0.25, 0.3) is 11.8 Å². The first kappa shape index (κ1) is 38.7. The Hall–Kier alpha value is -3.16. The summed E-state index contributed by atoms with van der Waals surface area (Å²) in [6.07, 6.45) is 9.31. The third kappa shape index (κ3) is 7.19. The summed E-state index contributed by atoms with van der Waals surface area (Å²) in [7, 11) is -2.19. The minimum absolute atomic E-state index is 0.00718. The molecule has 298 valence electrons. The maximum atomic E-state index is 13.7. The zero-order chi connectivity index (χ0) is 38.7. The summed E-state index contributed by atoms with van der Waals surface area (Å²) >= 11 is 6.50. The topological polar surface area (TPSA) is 118 Å². The van der Waals surface area contributed by atoms with E-state index in [4.69, 9.17) is 25.8 Å². The van der Waals surface area contributed by atoms with Gasteiger partial charge >= 0.3 is 0 Å². The lowest BCUT2D eigenvalue weighted by molar-refractivity contribution is -0.164. The minimum Gasteiger partial charge on any atom is -0.490 e. The smallest absolute Gasteiger partial charge is 0.264 e. The van der Waals surface area contributed by atoms with Crippen molar-refractivity contribution in [2.45, 2.75) is 87.7 Å². The molecule has 1 N–H and O–H groups in total. The summed E-state index contributed by atoms with van der Waals surface area (Å²) in [5.41, 5.74) is 2.64. The third-order valence-corrected chi connectivity index (χ3v) is 16.0. The second kappa shape index (κ2) is 15.0. The van der Waals surface area contributed by atoms with Crippen LogP contribution in [0, 0.1) is 17.8 Å². The number of carbonyl (C=O) groups excluding carboxylic acids is 2. The summed E-state index contributed by atoms with van der Waals surface area (Å²) in [5.74, 6) is 0.281. The molecule has 2 aliphatic carbocycles. The van der Waals surface area contributed by atoms with Crippen LogP contribution >= 0.6 is 11.6 Å². The average Bonchev–Trinajstić information content (AvgIpc) is 3.30. The van der Waals surface area contributed by atoms with E-state index in [1.165, 1.54) is 11.1 Å². The number of benzene rings is 2. The fourth-order valence-corrected chi connectivity index (χ4v) is 11.7. The molecule has 55 heavy (non-hydrogen) atoms. The summed E-state index contributed by atoms with van der Waals surface area (Å²) in [6, 6.07) is 11.5. The van der Waals surface area contributed by atoms with Gasteiger partial charge in [0.15, 0.2) is 0 Å². The molecule has 4 aliphatic heterocycles. The molecule has 2 saturated heterocycles. The lowest BCUT2D eigenvalue weighted by atomic mass is 9.63. The number of sulfonamides is 1. The summed E-state index contributed by atoms with van der Waals surface area (Å²) in [5, 5.41) is -0.0880. The van der Waals surface area contributed by atoms with Gasteiger partial charge in [-0.1, -0.05) is 36.7 Å². The second-order valence-electron chi connectivity index (χ2n) is 17.1. The highest BCUT2D eigenvalue weighted by atomic mass is 35.5. The van der Waals surface area contributed by atoms with Crippen LogP contribution in [0.5, 0.6) is 5.75 Å². The fourth-order valence-electron chi connectivity index (χ4n) is 10.2. The summed E-state index contributed by atoms with van der Waals surface area (Å²) in [6.45, 7) is 10.5. The van der Waals surface area contributed by atoms with Gasteiger partial charge < -0.3 is 24.0 Å². The van der Waals surface area contributed by atoms with Crippen molar-refractivity contribution in [3.8, 4) is 5.75 Å². The van der Waals surface area contributed by atoms with Gasteiger partial charge in [0.1, 0.15) is 17.5 Å². The van der Waals surface area contributed by atoms with Crippen molar-refractivity contribution in [2.24, 2.45) is 17.8 Å². The Bertz CT molecular complexity index is 1960. The Morgan fingerprint density at radius 3 is 2.67 bits per heavy atom. The fraction of sp³-hybridized carbons (Fsp3) is 0.619. The number of methoxy groups -OCH3 is 1. The normalized spacial score (nSPS) is 35.7. The molecule has 0 radical (unpaired) electrons. The van der Waals surface area contributed by atoms with Gasteiger partial charge in [-0.05, 0) is 112 Å². The monoisotopic (exact) mass is 794 g/mol. The number of hydrogen-bond acceptors (Lipinski definition) is 9. The van der Waals surface area contributed by atoms with E-state index in [0.29, 0.717) is 51.6 Å². The zero-order valence-electron chi connectivity index (χ0n) is 32.5. The molecule has 2 amide bonds. The number of hydrogen-bond donors (Lipinski definition) is 1. The molecular weight excluding hydrogens is 740 g/mol. The van der Waals surface area contributed by atoms with Gasteiger partial charge in [-0.25, -0.2) is 13.1 Å². The average molecular weight is 795 g/mol. The van der Waals surface area contributed by atoms with Gasteiger partial charge in [-0.3, -0.25) is 14.5 Å². The molecule has 2 aromatic rings. The van der Waals surface area contributed by atoms with Crippen LogP contribution in [-0.4, -0.2) is 113 Å². The summed E-state index contributed by atoms with van der Waals surface area (Å²) in [4.78, 5) is 33.4. The molecule has 0 unspecified atom stereocenters. The van der Waals surface area contributed by atoms with Crippen molar-refractivity contribution in [1.82, 2.24) is 14.5 Å². The summed E-state index contributed by atoms with van der Waals surface area (Å²) < 4.78 is 48.9. The number of piperazine rings is 1. The quantitative estimate of drug-likeness (QED) is 0.419.